The molecule has 8 heteroatoms. The third kappa shape index (κ3) is 6.89. The minimum Gasteiger partial charge on any atom is -0.480 e. The van der Waals surface area contributed by atoms with Gasteiger partial charge in [0.2, 0.25) is 0 Å². The summed E-state index contributed by atoms with van der Waals surface area (Å²) in [6, 6.07) is 28.3. The first-order chi connectivity index (χ1) is 18.0. The molecule has 37 heavy (non-hydrogen) atoms. The van der Waals surface area contributed by atoms with Crippen LogP contribution in [0.1, 0.15) is 50.1 Å². The number of amidine groups is 1. The Hall–Kier alpha value is -4.30. The molecule has 188 valence electrons. The van der Waals surface area contributed by atoms with Crippen LogP contribution < -0.4 is 11.1 Å². The van der Waals surface area contributed by atoms with E-state index in [1.807, 2.05) is 48.5 Å². The molecule has 0 spiro atoms. The molecule has 1 atom stereocenters. The molecule has 7 nitrogen and oxygen atoms in total. The van der Waals surface area contributed by atoms with Crippen molar-refractivity contribution in [2.24, 2.45) is 10.7 Å². The smallest absolute Gasteiger partial charge is 0.326 e. The van der Waals surface area contributed by atoms with Crippen molar-refractivity contribution >= 4 is 29.0 Å². The molecule has 0 saturated carbocycles. The highest BCUT2D eigenvalue weighted by atomic mass is 32.1. The van der Waals surface area contributed by atoms with Crippen LogP contribution in [0.25, 0.3) is 0 Å². The first kappa shape index (κ1) is 25.8. The first-order valence-corrected chi connectivity index (χ1v) is 12.8. The third-order valence-corrected chi connectivity index (χ3v) is 7.01. The fraction of sp³-hybridized carbons (Fsp3) is 0.172. The molecule has 2 heterocycles. The lowest BCUT2D eigenvalue weighted by molar-refractivity contribution is -0.139. The summed E-state index contributed by atoms with van der Waals surface area (Å²) in [6.45, 7) is 0.334. The van der Waals surface area contributed by atoms with E-state index in [-0.39, 0.29) is 12.3 Å². The number of carboxylic acids is 1. The van der Waals surface area contributed by atoms with Crippen LogP contribution in [-0.4, -0.2) is 40.4 Å². The molecular formula is C29H28N4O3S. The van der Waals surface area contributed by atoms with Crippen LogP contribution in [0, 0.1) is 0 Å². The Labute approximate surface area is 219 Å². The molecule has 0 radical (unpaired) electrons. The number of nitrogens with zero attached hydrogens (tertiary/aromatic N) is 2. The average molecular weight is 513 g/mol. The Morgan fingerprint density at radius 3 is 2.16 bits per heavy atom. The van der Waals surface area contributed by atoms with Crippen LogP contribution in [0.5, 0.6) is 0 Å². The number of benzene rings is 2. The number of aliphatic carboxylic acids is 1. The summed E-state index contributed by atoms with van der Waals surface area (Å²) < 4.78 is 0. The number of pyridine rings is 1. The zero-order valence-corrected chi connectivity index (χ0v) is 21.0. The topological polar surface area (TPSA) is 118 Å². The first-order valence-electron chi connectivity index (χ1n) is 12.0. The second-order valence-electron chi connectivity index (χ2n) is 8.44. The van der Waals surface area contributed by atoms with Gasteiger partial charge in [-0.1, -0.05) is 66.7 Å². The molecule has 2 aromatic carbocycles. The fourth-order valence-corrected chi connectivity index (χ4v) is 5.09. The summed E-state index contributed by atoms with van der Waals surface area (Å²) in [7, 11) is 0. The van der Waals surface area contributed by atoms with E-state index in [9.17, 15) is 14.7 Å². The second kappa shape index (κ2) is 12.6. The molecular weight excluding hydrogens is 484 g/mol. The molecule has 4 aromatic rings. The number of carbonyl (C=O) groups excluding carboxylic acids is 1. The predicted molar refractivity (Wildman–Crippen MR) is 146 cm³/mol. The Morgan fingerprint density at radius 1 is 0.919 bits per heavy atom. The van der Waals surface area contributed by atoms with Crippen molar-refractivity contribution in [2.75, 3.05) is 6.54 Å². The highest BCUT2D eigenvalue weighted by Gasteiger charge is 2.23. The number of aliphatic imine (C=N–C) groups is 1. The van der Waals surface area contributed by atoms with E-state index in [0.29, 0.717) is 29.4 Å². The molecule has 0 bridgehead atoms. The molecule has 0 fully saturated rings. The summed E-state index contributed by atoms with van der Waals surface area (Å²) in [5.41, 5.74) is 8.76. The molecule has 2 aromatic heterocycles. The van der Waals surface area contributed by atoms with E-state index in [0.717, 1.165) is 16.0 Å². The number of carbonyl (C=O) groups is 2. The van der Waals surface area contributed by atoms with Crippen LogP contribution in [0.15, 0.2) is 102 Å². The van der Waals surface area contributed by atoms with E-state index in [2.05, 4.69) is 39.6 Å². The quantitative estimate of drug-likeness (QED) is 0.153. The average Bonchev–Trinajstić information content (AvgIpc) is 3.42. The number of carboxylic acid groups (broad SMARTS) is 1. The van der Waals surface area contributed by atoms with Gasteiger partial charge >= 0.3 is 5.97 Å². The molecule has 0 aliphatic heterocycles. The minimum absolute atomic E-state index is 0.0216. The Bertz CT molecular complexity index is 1300. The van der Waals surface area contributed by atoms with Crippen molar-refractivity contribution in [1.29, 1.82) is 0 Å². The van der Waals surface area contributed by atoms with Gasteiger partial charge in [-0.3, -0.25) is 14.8 Å². The van der Waals surface area contributed by atoms with Gasteiger partial charge < -0.3 is 16.2 Å². The molecule has 0 saturated heterocycles. The van der Waals surface area contributed by atoms with E-state index in [1.165, 1.54) is 11.3 Å². The molecule has 0 unspecified atom stereocenters. The van der Waals surface area contributed by atoms with Gasteiger partial charge in [0.05, 0.1) is 4.88 Å². The van der Waals surface area contributed by atoms with Crippen LogP contribution in [-0.2, 0) is 4.79 Å². The van der Waals surface area contributed by atoms with Crippen molar-refractivity contribution in [3.05, 3.63) is 124 Å². The molecule has 1 amide bonds. The lowest BCUT2D eigenvalue weighted by atomic mass is 9.90. The summed E-state index contributed by atoms with van der Waals surface area (Å²) in [5, 5.41) is 12.3. The van der Waals surface area contributed by atoms with Crippen molar-refractivity contribution < 1.29 is 14.7 Å². The molecule has 0 aliphatic rings. The number of aromatic nitrogens is 1. The number of rotatable bonds is 11. The molecule has 0 aliphatic carbocycles. The SMILES string of the molecule is NC(=NCCC[C@H](NC(=O)c1ccc(C(c2ccccc2)c2ccccc2)s1)C(=O)O)c1ccccn1. The zero-order chi connectivity index (χ0) is 26.0. The normalized spacial score (nSPS) is 12.3. The summed E-state index contributed by atoms with van der Waals surface area (Å²) in [4.78, 5) is 34.7. The number of nitrogens with two attached hydrogens (primary N) is 1. The van der Waals surface area contributed by atoms with E-state index in [4.69, 9.17) is 5.73 Å². The van der Waals surface area contributed by atoms with Crippen LogP contribution in [0.3, 0.4) is 0 Å². The lowest BCUT2D eigenvalue weighted by Gasteiger charge is -2.17. The van der Waals surface area contributed by atoms with Crippen molar-refractivity contribution in [3.63, 3.8) is 0 Å². The second-order valence-corrected chi connectivity index (χ2v) is 9.56. The van der Waals surface area contributed by atoms with Crippen molar-refractivity contribution in [1.82, 2.24) is 10.3 Å². The van der Waals surface area contributed by atoms with Crippen molar-refractivity contribution in [3.8, 4) is 0 Å². The maximum atomic E-state index is 13.0. The number of nitrogens with one attached hydrogen (secondary N) is 1. The van der Waals surface area contributed by atoms with Gasteiger partial charge in [-0.2, -0.15) is 0 Å². The summed E-state index contributed by atoms with van der Waals surface area (Å²) >= 11 is 1.37. The molecule has 4 rings (SSSR count). The zero-order valence-electron chi connectivity index (χ0n) is 20.2. The summed E-state index contributed by atoms with van der Waals surface area (Å²) in [5.74, 6) is -1.21. The van der Waals surface area contributed by atoms with Gasteiger partial charge in [-0.25, -0.2) is 4.79 Å². The number of amides is 1. The van der Waals surface area contributed by atoms with Gasteiger partial charge in [-0.05, 0) is 48.2 Å². The van der Waals surface area contributed by atoms with Gasteiger partial charge in [0.25, 0.3) is 5.91 Å². The van der Waals surface area contributed by atoms with E-state index in [1.54, 1.807) is 24.4 Å². The van der Waals surface area contributed by atoms with E-state index >= 15 is 0 Å². The predicted octanol–water partition coefficient (Wildman–Crippen LogP) is 4.69. The Balaban J connectivity index is 1.42. The minimum atomic E-state index is -1.08. The largest absolute Gasteiger partial charge is 0.480 e. The van der Waals surface area contributed by atoms with Gasteiger partial charge in [0.1, 0.15) is 17.6 Å². The lowest BCUT2D eigenvalue weighted by Crippen LogP contribution is -2.40. The molecule has 4 N–H and O–H groups in total. The van der Waals surface area contributed by atoms with Crippen LogP contribution in [0.4, 0.5) is 0 Å². The number of hydrogen-bond acceptors (Lipinski definition) is 5. The third-order valence-electron chi connectivity index (χ3n) is 5.86. The monoisotopic (exact) mass is 512 g/mol. The van der Waals surface area contributed by atoms with Gasteiger partial charge in [0.15, 0.2) is 0 Å². The van der Waals surface area contributed by atoms with Gasteiger partial charge in [0, 0.05) is 23.5 Å². The summed E-state index contributed by atoms with van der Waals surface area (Å²) in [6.07, 6.45) is 2.31. The van der Waals surface area contributed by atoms with Crippen LogP contribution in [0.2, 0.25) is 0 Å². The highest BCUT2D eigenvalue weighted by molar-refractivity contribution is 7.14. The highest BCUT2D eigenvalue weighted by Crippen LogP contribution is 2.36. The fourth-order valence-electron chi connectivity index (χ4n) is 4.02. The number of thiophene rings is 1. The standard InChI is InChI=1S/C29H28N4O3S/c30-27(22-14-7-8-18-31-22)32-19-9-15-23(29(35)36)33-28(34)25-17-16-24(37-25)26(20-10-3-1-4-11-20)21-12-5-2-6-13-21/h1-8,10-14,16-18,23,26H,9,15,19H2,(H2,30,32)(H,33,34)(H,35,36)/t23-/m0/s1. The Kier molecular flexibility index (Phi) is 8.78. The van der Waals surface area contributed by atoms with Gasteiger partial charge in [-0.15, -0.1) is 11.3 Å². The Morgan fingerprint density at radius 2 is 1.57 bits per heavy atom. The number of hydrogen-bond donors (Lipinski definition) is 3. The maximum absolute atomic E-state index is 13.0. The van der Waals surface area contributed by atoms with Crippen LogP contribution >= 0.6 is 11.3 Å². The van der Waals surface area contributed by atoms with E-state index < -0.39 is 17.9 Å². The van der Waals surface area contributed by atoms with Crippen molar-refractivity contribution in [2.45, 2.75) is 24.8 Å². The maximum Gasteiger partial charge on any atom is 0.326 e.